The first-order valence-corrected chi connectivity index (χ1v) is 14.4. The third kappa shape index (κ3) is 5.79. The number of benzene rings is 1. The molecule has 3 aliphatic carbocycles. The summed E-state index contributed by atoms with van der Waals surface area (Å²) in [5.41, 5.74) is 8.80. The van der Waals surface area contributed by atoms with Gasteiger partial charge in [0, 0.05) is 11.8 Å². The van der Waals surface area contributed by atoms with Crippen LogP contribution in [0.3, 0.4) is 0 Å². The Kier molecular flexibility index (Phi) is 7.53. The Balaban J connectivity index is 1.45. The van der Waals surface area contributed by atoms with E-state index in [0.717, 1.165) is 23.7 Å². The minimum Gasteiger partial charge on any atom is -0.0766 e. The number of hydrogen-bond donors (Lipinski definition) is 0. The largest absolute Gasteiger partial charge is 0.0766 e. The SMILES string of the molecule is Cc1cc2c(cc1C1CCC(C(C)CCCC(C)(C)C)CC1)C(C1CC1)C=C(C(C)C)C2C. The van der Waals surface area contributed by atoms with Crippen LogP contribution in [-0.4, -0.2) is 0 Å². The van der Waals surface area contributed by atoms with Gasteiger partial charge in [-0.2, -0.15) is 0 Å². The van der Waals surface area contributed by atoms with E-state index in [-0.39, 0.29) is 0 Å². The van der Waals surface area contributed by atoms with Crippen molar-refractivity contribution >= 4 is 0 Å². The maximum absolute atomic E-state index is 2.70. The van der Waals surface area contributed by atoms with E-state index in [4.69, 9.17) is 0 Å². The molecule has 184 valence electrons. The lowest BCUT2D eigenvalue weighted by Gasteiger charge is -2.36. The predicted octanol–water partition coefficient (Wildman–Crippen LogP) is 10.3. The van der Waals surface area contributed by atoms with E-state index in [0.29, 0.717) is 23.2 Å². The molecule has 0 aromatic heterocycles. The fraction of sp³-hybridized carbons (Fsp3) is 0.758. The molecule has 0 aliphatic heterocycles. The average molecular weight is 449 g/mol. The molecular weight excluding hydrogens is 396 g/mol. The van der Waals surface area contributed by atoms with Gasteiger partial charge in [-0.1, -0.05) is 85.1 Å². The van der Waals surface area contributed by atoms with Gasteiger partial charge in [-0.25, -0.2) is 0 Å². The van der Waals surface area contributed by atoms with Crippen molar-refractivity contribution in [2.24, 2.45) is 29.1 Å². The second-order valence-electron chi connectivity index (χ2n) is 13.8. The van der Waals surface area contributed by atoms with Crippen LogP contribution < -0.4 is 0 Å². The Morgan fingerprint density at radius 2 is 1.55 bits per heavy atom. The van der Waals surface area contributed by atoms with Gasteiger partial charge in [0.2, 0.25) is 0 Å². The van der Waals surface area contributed by atoms with Crippen LogP contribution in [0.2, 0.25) is 0 Å². The predicted molar refractivity (Wildman–Crippen MR) is 145 cm³/mol. The second-order valence-corrected chi connectivity index (χ2v) is 13.8. The van der Waals surface area contributed by atoms with Crippen molar-refractivity contribution in [2.45, 2.75) is 131 Å². The summed E-state index contributed by atoms with van der Waals surface area (Å²) in [6, 6.07) is 5.32. The maximum Gasteiger partial charge on any atom is 0.00523 e. The van der Waals surface area contributed by atoms with Crippen molar-refractivity contribution in [3.63, 3.8) is 0 Å². The summed E-state index contributed by atoms with van der Waals surface area (Å²) in [6.45, 7) is 19.3. The topological polar surface area (TPSA) is 0 Å². The zero-order valence-electron chi connectivity index (χ0n) is 23.1. The van der Waals surface area contributed by atoms with E-state index in [2.05, 4.69) is 73.6 Å². The lowest BCUT2D eigenvalue weighted by molar-refractivity contribution is 0.223. The van der Waals surface area contributed by atoms with Crippen LogP contribution in [-0.2, 0) is 0 Å². The van der Waals surface area contributed by atoms with E-state index in [1.54, 1.807) is 27.8 Å². The summed E-state index contributed by atoms with van der Waals surface area (Å²) in [5, 5.41) is 0. The van der Waals surface area contributed by atoms with Crippen LogP contribution >= 0.6 is 0 Å². The Bertz CT molecular complexity index is 836. The molecule has 0 spiro atoms. The Hall–Kier alpha value is -1.04. The molecule has 0 saturated heterocycles. The highest BCUT2D eigenvalue weighted by atomic mass is 14.4. The Morgan fingerprint density at radius 3 is 2.12 bits per heavy atom. The van der Waals surface area contributed by atoms with Crippen LogP contribution in [0.15, 0.2) is 23.8 Å². The molecular formula is C33H52. The van der Waals surface area contributed by atoms with Crippen molar-refractivity contribution in [1.29, 1.82) is 0 Å². The quantitative estimate of drug-likeness (QED) is 0.364. The first kappa shape index (κ1) is 25.1. The van der Waals surface area contributed by atoms with Gasteiger partial charge in [0.25, 0.3) is 0 Å². The molecule has 2 fully saturated rings. The fourth-order valence-corrected chi connectivity index (χ4v) is 7.22. The molecule has 33 heavy (non-hydrogen) atoms. The van der Waals surface area contributed by atoms with Gasteiger partial charge >= 0.3 is 0 Å². The van der Waals surface area contributed by atoms with Crippen LogP contribution in [0.4, 0.5) is 0 Å². The highest BCUT2D eigenvalue weighted by molar-refractivity contribution is 5.51. The van der Waals surface area contributed by atoms with Crippen molar-refractivity contribution in [3.8, 4) is 0 Å². The standard InChI is InChI=1S/C33H52/c1-21(2)28-19-31(27-15-16-27)32-20-29(23(4)18-30(32)24(28)5)26-13-11-25(12-14-26)22(3)10-9-17-33(6,7)8/h18-22,24-27,31H,9-17H2,1-8H3. The summed E-state index contributed by atoms with van der Waals surface area (Å²) in [6.07, 6.45) is 15.5. The van der Waals surface area contributed by atoms with E-state index < -0.39 is 0 Å². The molecule has 4 rings (SSSR count). The summed E-state index contributed by atoms with van der Waals surface area (Å²) >= 11 is 0. The van der Waals surface area contributed by atoms with Gasteiger partial charge in [0.05, 0.1) is 0 Å². The summed E-state index contributed by atoms with van der Waals surface area (Å²) in [7, 11) is 0. The zero-order chi connectivity index (χ0) is 23.9. The third-order valence-corrected chi connectivity index (χ3v) is 9.57. The Labute approximate surface area is 206 Å². The number of allylic oxidation sites excluding steroid dienone is 2. The Morgan fingerprint density at radius 1 is 0.879 bits per heavy atom. The molecule has 3 atom stereocenters. The van der Waals surface area contributed by atoms with Crippen LogP contribution in [0.25, 0.3) is 0 Å². The first-order valence-electron chi connectivity index (χ1n) is 14.4. The van der Waals surface area contributed by atoms with Gasteiger partial charge in [-0.15, -0.1) is 0 Å². The van der Waals surface area contributed by atoms with E-state index in [9.17, 15) is 0 Å². The molecule has 0 bridgehead atoms. The van der Waals surface area contributed by atoms with Gasteiger partial charge in [0.1, 0.15) is 0 Å². The normalized spacial score (nSPS) is 29.1. The molecule has 1 aromatic carbocycles. The molecule has 0 heteroatoms. The molecule has 3 unspecified atom stereocenters. The molecule has 0 N–H and O–H groups in total. The number of fused-ring (bicyclic) bond motifs is 1. The zero-order valence-corrected chi connectivity index (χ0v) is 23.1. The molecule has 0 heterocycles. The summed E-state index contributed by atoms with van der Waals surface area (Å²) in [5.74, 6) is 5.49. The highest BCUT2D eigenvalue weighted by Crippen LogP contribution is 2.52. The summed E-state index contributed by atoms with van der Waals surface area (Å²) < 4.78 is 0. The average Bonchev–Trinajstić information content (AvgIpc) is 3.58. The highest BCUT2D eigenvalue weighted by Gasteiger charge is 2.38. The van der Waals surface area contributed by atoms with Gasteiger partial charge in [-0.3, -0.25) is 0 Å². The van der Waals surface area contributed by atoms with E-state index >= 15 is 0 Å². The molecule has 1 aromatic rings. The number of aryl methyl sites for hydroxylation is 1. The van der Waals surface area contributed by atoms with Gasteiger partial charge < -0.3 is 0 Å². The van der Waals surface area contributed by atoms with Crippen LogP contribution in [0.5, 0.6) is 0 Å². The van der Waals surface area contributed by atoms with E-state index in [1.165, 1.54) is 57.8 Å². The van der Waals surface area contributed by atoms with Crippen molar-refractivity contribution in [3.05, 3.63) is 46.0 Å². The molecule has 0 nitrogen and oxygen atoms in total. The maximum atomic E-state index is 2.70. The first-order chi connectivity index (χ1) is 15.5. The minimum atomic E-state index is 0.488. The fourth-order valence-electron chi connectivity index (χ4n) is 7.22. The monoisotopic (exact) mass is 448 g/mol. The third-order valence-electron chi connectivity index (χ3n) is 9.57. The van der Waals surface area contributed by atoms with Crippen LogP contribution in [0.1, 0.15) is 146 Å². The minimum absolute atomic E-state index is 0.488. The van der Waals surface area contributed by atoms with E-state index in [1.807, 2.05) is 0 Å². The molecule has 0 radical (unpaired) electrons. The van der Waals surface area contributed by atoms with Crippen LogP contribution in [0, 0.1) is 36.0 Å². The lowest BCUT2D eigenvalue weighted by atomic mass is 9.69. The van der Waals surface area contributed by atoms with Gasteiger partial charge in [-0.05, 0) is 109 Å². The molecule has 3 aliphatic rings. The molecule has 2 saturated carbocycles. The number of hydrogen-bond acceptors (Lipinski definition) is 0. The smallest absolute Gasteiger partial charge is 0.00523 e. The van der Waals surface area contributed by atoms with Crippen molar-refractivity contribution in [2.75, 3.05) is 0 Å². The number of rotatable bonds is 7. The summed E-state index contributed by atoms with van der Waals surface area (Å²) in [4.78, 5) is 0. The van der Waals surface area contributed by atoms with Gasteiger partial charge in [0.15, 0.2) is 0 Å². The molecule has 0 amide bonds. The van der Waals surface area contributed by atoms with Crippen molar-refractivity contribution in [1.82, 2.24) is 0 Å². The second kappa shape index (κ2) is 9.91. The van der Waals surface area contributed by atoms with Crippen molar-refractivity contribution < 1.29 is 0 Å². The lowest BCUT2D eigenvalue weighted by Crippen LogP contribution is -2.21.